The van der Waals surface area contributed by atoms with Crippen molar-refractivity contribution < 1.29 is 14.4 Å². The molecule has 0 saturated heterocycles. The molecule has 2 heterocycles. The van der Waals surface area contributed by atoms with E-state index in [0.29, 0.717) is 23.8 Å². The van der Waals surface area contributed by atoms with E-state index in [2.05, 4.69) is 20.4 Å². The number of aliphatic hydroxyl groups is 1. The number of aliphatic hydroxyl groups excluding tert-OH is 1. The maximum Gasteiger partial charge on any atom is 0.227 e. The Bertz CT molecular complexity index is 598. The van der Waals surface area contributed by atoms with Crippen LogP contribution in [-0.2, 0) is 11.2 Å². The second-order valence-electron chi connectivity index (χ2n) is 5.34. The quantitative estimate of drug-likeness (QED) is 0.797. The van der Waals surface area contributed by atoms with Crippen LogP contribution in [0.5, 0.6) is 0 Å². The van der Waals surface area contributed by atoms with Crippen LogP contribution in [0.1, 0.15) is 26.2 Å². The van der Waals surface area contributed by atoms with Crippen LogP contribution in [-0.4, -0.2) is 38.8 Å². The second-order valence-corrected chi connectivity index (χ2v) is 5.34. The van der Waals surface area contributed by atoms with Gasteiger partial charge in [0.2, 0.25) is 17.6 Å². The number of amides is 1. The Morgan fingerprint density at radius 3 is 2.91 bits per heavy atom. The highest BCUT2D eigenvalue weighted by molar-refractivity contribution is 5.76. The predicted octanol–water partition coefficient (Wildman–Crippen LogP) is 1.20. The maximum absolute atomic E-state index is 11.7. The van der Waals surface area contributed by atoms with Gasteiger partial charge in [-0.05, 0) is 18.1 Å². The summed E-state index contributed by atoms with van der Waals surface area (Å²) in [6.07, 6.45) is 1.69. The van der Waals surface area contributed by atoms with Gasteiger partial charge in [-0.25, -0.2) is 0 Å². The van der Waals surface area contributed by atoms with Gasteiger partial charge in [-0.2, -0.15) is 4.98 Å². The Kier molecular flexibility index (Phi) is 5.60. The Balaban J connectivity index is 1.80. The van der Waals surface area contributed by atoms with Crippen LogP contribution in [0.25, 0.3) is 11.5 Å². The molecule has 1 amide bonds. The first-order valence-corrected chi connectivity index (χ1v) is 7.25. The summed E-state index contributed by atoms with van der Waals surface area (Å²) in [7, 11) is 0. The van der Waals surface area contributed by atoms with Crippen LogP contribution in [0.3, 0.4) is 0 Å². The van der Waals surface area contributed by atoms with Crippen molar-refractivity contribution in [2.75, 3.05) is 6.54 Å². The molecule has 0 aromatic carbocycles. The molecule has 0 radical (unpaired) electrons. The first-order valence-electron chi connectivity index (χ1n) is 7.25. The summed E-state index contributed by atoms with van der Waals surface area (Å²) in [6.45, 7) is 4.04. The molecule has 0 fully saturated rings. The summed E-state index contributed by atoms with van der Waals surface area (Å²) >= 11 is 0. The number of nitrogens with one attached hydrogen (secondary N) is 1. The Hall–Kier alpha value is -2.28. The zero-order valence-electron chi connectivity index (χ0n) is 12.7. The lowest BCUT2D eigenvalue weighted by molar-refractivity contribution is -0.121. The van der Waals surface area contributed by atoms with Crippen molar-refractivity contribution in [3.8, 4) is 11.5 Å². The number of aromatic nitrogens is 3. The summed E-state index contributed by atoms with van der Waals surface area (Å²) in [5.41, 5.74) is 0.627. The third-order valence-electron chi connectivity index (χ3n) is 3.21. The molecule has 0 saturated carbocycles. The smallest absolute Gasteiger partial charge is 0.227 e. The van der Waals surface area contributed by atoms with Crippen molar-refractivity contribution >= 4 is 5.91 Å². The summed E-state index contributed by atoms with van der Waals surface area (Å²) in [6, 6.07) is 5.43. The zero-order valence-corrected chi connectivity index (χ0v) is 12.7. The summed E-state index contributed by atoms with van der Waals surface area (Å²) in [4.78, 5) is 20.0. The first-order chi connectivity index (χ1) is 10.6. The third-order valence-corrected chi connectivity index (χ3v) is 3.21. The molecule has 118 valence electrons. The van der Waals surface area contributed by atoms with Gasteiger partial charge in [-0.15, -0.1) is 0 Å². The lowest BCUT2D eigenvalue weighted by atomic mass is 10.1. The van der Waals surface area contributed by atoms with Crippen molar-refractivity contribution in [2.45, 2.75) is 32.8 Å². The SMILES string of the molecule is CC(C)C(O)CNC(=O)CCc1nc(-c2ccccn2)no1. The van der Waals surface area contributed by atoms with E-state index in [1.54, 1.807) is 18.3 Å². The van der Waals surface area contributed by atoms with E-state index >= 15 is 0 Å². The number of carbonyl (C=O) groups excluding carboxylic acids is 1. The molecule has 1 atom stereocenters. The minimum atomic E-state index is -0.539. The molecular weight excluding hydrogens is 284 g/mol. The largest absolute Gasteiger partial charge is 0.391 e. The van der Waals surface area contributed by atoms with Gasteiger partial charge in [0.15, 0.2) is 0 Å². The summed E-state index contributed by atoms with van der Waals surface area (Å²) in [5, 5.41) is 16.2. The van der Waals surface area contributed by atoms with Crippen LogP contribution in [0.4, 0.5) is 0 Å². The zero-order chi connectivity index (χ0) is 15.9. The highest BCUT2D eigenvalue weighted by Crippen LogP contribution is 2.12. The number of hydrogen-bond donors (Lipinski definition) is 2. The molecular formula is C15H20N4O3. The first kappa shape index (κ1) is 16.1. The summed E-state index contributed by atoms with van der Waals surface area (Å²) < 4.78 is 5.10. The molecule has 2 N–H and O–H groups in total. The van der Waals surface area contributed by atoms with Crippen molar-refractivity contribution in [3.05, 3.63) is 30.3 Å². The Morgan fingerprint density at radius 2 is 2.23 bits per heavy atom. The van der Waals surface area contributed by atoms with E-state index in [1.807, 2.05) is 19.9 Å². The lowest BCUT2D eigenvalue weighted by Gasteiger charge is -2.14. The standard InChI is InChI=1S/C15H20N4O3/c1-10(2)12(20)9-17-13(21)6-7-14-18-15(19-22-14)11-5-3-4-8-16-11/h3-5,8,10,12,20H,6-7,9H2,1-2H3,(H,17,21). The van der Waals surface area contributed by atoms with Crippen LogP contribution in [0, 0.1) is 5.92 Å². The van der Waals surface area contributed by atoms with E-state index in [-0.39, 0.29) is 24.8 Å². The average Bonchev–Trinajstić information content (AvgIpc) is 3.00. The number of nitrogens with zero attached hydrogens (tertiary/aromatic N) is 3. The third kappa shape index (κ3) is 4.63. The van der Waals surface area contributed by atoms with Crippen LogP contribution >= 0.6 is 0 Å². The van der Waals surface area contributed by atoms with Gasteiger partial charge in [0.05, 0.1) is 6.10 Å². The molecule has 0 spiro atoms. The molecule has 0 bridgehead atoms. The highest BCUT2D eigenvalue weighted by Gasteiger charge is 2.13. The Morgan fingerprint density at radius 1 is 1.41 bits per heavy atom. The minimum absolute atomic E-state index is 0.108. The van der Waals surface area contributed by atoms with Crippen molar-refractivity contribution in [1.29, 1.82) is 0 Å². The number of pyridine rings is 1. The van der Waals surface area contributed by atoms with Crippen molar-refractivity contribution in [1.82, 2.24) is 20.4 Å². The minimum Gasteiger partial charge on any atom is -0.391 e. The molecule has 2 aromatic heterocycles. The number of carbonyl (C=O) groups is 1. The molecule has 2 rings (SSSR count). The molecule has 22 heavy (non-hydrogen) atoms. The Labute approximate surface area is 128 Å². The predicted molar refractivity (Wildman–Crippen MR) is 79.7 cm³/mol. The maximum atomic E-state index is 11.7. The van der Waals surface area contributed by atoms with Gasteiger partial charge in [-0.1, -0.05) is 25.1 Å². The normalized spacial score (nSPS) is 12.4. The molecule has 7 heteroatoms. The van der Waals surface area contributed by atoms with Crippen molar-refractivity contribution in [2.24, 2.45) is 5.92 Å². The lowest BCUT2D eigenvalue weighted by Crippen LogP contribution is -2.34. The average molecular weight is 304 g/mol. The van der Waals surface area contributed by atoms with Gasteiger partial charge in [0.1, 0.15) is 5.69 Å². The molecule has 0 aliphatic carbocycles. The topological polar surface area (TPSA) is 101 Å². The number of hydrogen-bond acceptors (Lipinski definition) is 6. The monoisotopic (exact) mass is 304 g/mol. The van der Waals surface area contributed by atoms with E-state index in [0.717, 1.165) is 0 Å². The molecule has 7 nitrogen and oxygen atoms in total. The van der Waals surface area contributed by atoms with Crippen molar-refractivity contribution in [3.63, 3.8) is 0 Å². The van der Waals surface area contributed by atoms with E-state index in [9.17, 15) is 9.90 Å². The fraction of sp³-hybridized carbons (Fsp3) is 0.467. The second kappa shape index (κ2) is 7.65. The van der Waals surface area contributed by atoms with Crippen LogP contribution in [0.2, 0.25) is 0 Å². The number of aryl methyl sites for hydroxylation is 1. The molecule has 0 aliphatic rings. The molecule has 1 unspecified atom stereocenters. The van der Waals surface area contributed by atoms with E-state index in [4.69, 9.17) is 4.52 Å². The molecule has 2 aromatic rings. The van der Waals surface area contributed by atoms with E-state index in [1.165, 1.54) is 0 Å². The van der Waals surface area contributed by atoms with Crippen LogP contribution < -0.4 is 5.32 Å². The van der Waals surface area contributed by atoms with Gasteiger partial charge in [-0.3, -0.25) is 9.78 Å². The van der Waals surface area contributed by atoms with Crippen LogP contribution in [0.15, 0.2) is 28.9 Å². The van der Waals surface area contributed by atoms with Gasteiger partial charge in [0, 0.05) is 25.6 Å². The molecule has 0 aliphatic heterocycles. The fourth-order valence-electron chi connectivity index (χ4n) is 1.72. The highest BCUT2D eigenvalue weighted by atomic mass is 16.5. The fourth-order valence-corrected chi connectivity index (χ4v) is 1.72. The summed E-state index contributed by atoms with van der Waals surface area (Å²) in [5.74, 6) is 0.751. The number of rotatable bonds is 7. The van der Waals surface area contributed by atoms with Gasteiger partial charge < -0.3 is 14.9 Å². The van der Waals surface area contributed by atoms with Gasteiger partial charge >= 0.3 is 0 Å². The van der Waals surface area contributed by atoms with Gasteiger partial charge in [0.25, 0.3) is 0 Å². The van der Waals surface area contributed by atoms with E-state index < -0.39 is 6.10 Å².